The number of urea groups is 1. The predicted molar refractivity (Wildman–Crippen MR) is 113 cm³/mol. The first-order valence-electron chi connectivity index (χ1n) is 9.78. The number of anilines is 2. The molecule has 0 spiro atoms. The molecule has 2 aromatic heterocycles. The Balaban J connectivity index is 1.55. The number of nitrogens with one attached hydrogen (secondary N) is 3. The molecule has 5 rings (SSSR count). The van der Waals surface area contributed by atoms with Crippen LogP contribution in [0.3, 0.4) is 0 Å². The van der Waals surface area contributed by atoms with Crippen LogP contribution >= 0.6 is 0 Å². The molecule has 1 aromatic carbocycles. The van der Waals surface area contributed by atoms with Crippen molar-refractivity contribution in [2.24, 2.45) is 0 Å². The summed E-state index contributed by atoms with van der Waals surface area (Å²) < 4.78 is 7.51. The van der Waals surface area contributed by atoms with E-state index in [0.29, 0.717) is 29.0 Å². The Morgan fingerprint density at radius 1 is 1.23 bits per heavy atom. The van der Waals surface area contributed by atoms with Gasteiger partial charge in [0.2, 0.25) is 5.95 Å². The number of benzene rings is 1. The highest BCUT2D eigenvalue weighted by Crippen LogP contribution is 2.28. The van der Waals surface area contributed by atoms with Gasteiger partial charge in [-0.3, -0.25) is 10.1 Å². The van der Waals surface area contributed by atoms with E-state index < -0.39 is 11.9 Å². The topological polar surface area (TPSA) is 126 Å². The number of imide groups is 1. The van der Waals surface area contributed by atoms with Gasteiger partial charge in [-0.15, -0.1) is 0 Å². The lowest BCUT2D eigenvalue weighted by atomic mass is 10.2. The van der Waals surface area contributed by atoms with E-state index in [9.17, 15) is 9.59 Å². The van der Waals surface area contributed by atoms with Crippen LogP contribution in [0.4, 0.5) is 16.4 Å². The van der Waals surface area contributed by atoms with Crippen LogP contribution < -0.4 is 25.6 Å². The first-order valence-corrected chi connectivity index (χ1v) is 9.78. The van der Waals surface area contributed by atoms with E-state index in [-0.39, 0.29) is 11.7 Å². The molecule has 0 bridgehead atoms. The average Bonchev–Trinajstić information content (AvgIpc) is 3.37. The molecule has 3 heterocycles. The summed E-state index contributed by atoms with van der Waals surface area (Å²) in [6.07, 6.45) is 5.18. The zero-order valence-corrected chi connectivity index (χ0v) is 16.9. The second-order valence-corrected chi connectivity index (χ2v) is 7.54. The molecule has 11 nitrogen and oxygen atoms in total. The highest BCUT2D eigenvalue weighted by molar-refractivity contribution is 6.14. The number of ether oxygens (including phenoxy) is 1. The normalized spacial score (nSPS) is 17.0. The van der Waals surface area contributed by atoms with Crippen molar-refractivity contribution in [3.05, 3.63) is 41.7 Å². The minimum Gasteiger partial charge on any atom is -0.424 e. The van der Waals surface area contributed by atoms with Gasteiger partial charge < -0.3 is 20.3 Å². The maximum absolute atomic E-state index is 11.9. The van der Waals surface area contributed by atoms with Gasteiger partial charge in [-0.05, 0) is 31.1 Å². The summed E-state index contributed by atoms with van der Waals surface area (Å²) in [7, 11) is 3.90. The molecule has 11 heteroatoms. The fourth-order valence-corrected chi connectivity index (χ4v) is 3.09. The molecule has 1 aliphatic carbocycles. The van der Waals surface area contributed by atoms with E-state index in [4.69, 9.17) is 4.74 Å². The van der Waals surface area contributed by atoms with Crippen LogP contribution in [0, 0.1) is 0 Å². The lowest BCUT2D eigenvalue weighted by Crippen LogP contribution is -2.22. The Morgan fingerprint density at radius 3 is 2.77 bits per heavy atom. The maximum Gasteiger partial charge on any atom is 0.327 e. The molecule has 0 unspecified atom stereocenters. The number of hydrogen-bond donors (Lipinski definition) is 3. The predicted octanol–water partition coefficient (Wildman–Crippen LogP) is 1.74. The van der Waals surface area contributed by atoms with E-state index in [0.717, 1.165) is 18.5 Å². The molecular formula is C20H20N8O3. The quantitative estimate of drug-likeness (QED) is 0.407. The van der Waals surface area contributed by atoms with Crippen LogP contribution in [0.2, 0.25) is 0 Å². The minimum atomic E-state index is -0.566. The maximum atomic E-state index is 11.9. The van der Waals surface area contributed by atoms with Gasteiger partial charge in [-0.25, -0.2) is 4.79 Å². The van der Waals surface area contributed by atoms with E-state index in [1.54, 1.807) is 10.7 Å². The molecule has 3 aromatic rings. The third-order valence-corrected chi connectivity index (χ3v) is 4.85. The molecule has 0 radical (unpaired) electrons. The number of carbonyl (C=O) groups is 2. The number of nitrogens with zero attached hydrogens (tertiary/aromatic N) is 5. The van der Waals surface area contributed by atoms with Crippen LogP contribution in [0.15, 0.2) is 36.2 Å². The molecule has 158 valence electrons. The smallest absolute Gasteiger partial charge is 0.327 e. The summed E-state index contributed by atoms with van der Waals surface area (Å²) in [5.74, 6) is 0.581. The van der Waals surface area contributed by atoms with Crippen molar-refractivity contribution in [2.75, 3.05) is 24.3 Å². The zero-order valence-electron chi connectivity index (χ0n) is 16.9. The fourth-order valence-electron chi connectivity index (χ4n) is 3.09. The van der Waals surface area contributed by atoms with E-state index in [1.807, 2.05) is 43.3 Å². The molecule has 2 aliphatic rings. The standard InChI is InChI=1S/C20H20N8O3/c1-27(2)13-4-3-5-14(9-13)31-20-24-16-11(8-15-17(29)25-19(30)23-15)10-21-28(16)18(26-20)22-12-6-7-12/h3-5,8-10,12H,6-7H2,1-2H3,(H,22,24,26)(H2,23,25,29,30)/b15-8-. The summed E-state index contributed by atoms with van der Waals surface area (Å²) in [6.45, 7) is 0. The Kier molecular flexibility index (Phi) is 4.42. The zero-order chi connectivity index (χ0) is 21.5. The highest BCUT2D eigenvalue weighted by Gasteiger charge is 2.26. The van der Waals surface area contributed by atoms with E-state index >= 15 is 0 Å². The van der Waals surface area contributed by atoms with Crippen LogP contribution in [0.1, 0.15) is 18.4 Å². The van der Waals surface area contributed by atoms with Crippen molar-refractivity contribution in [2.45, 2.75) is 18.9 Å². The molecule has 3 N–H and O–H groups in total. The van der Waals surface area contributed by atoms with E-state index in [1.165, 1.54) is 6.08 Å². The van der Waals surface area contributed by atoms with Crippen molar-refractivity contribution in [1.82, 2.24) is 30.2 Å². The monoisotopic (exact) mass is 420 g/mol. The van der Waals surface area contributed by atoms with Gasteiger partial charge in [-0.2, -0.15) is 19.6 Å². The number of amides is 3. The summed E-state index contributed by atoms with van der Waals surface area (Å²) in [6, 6.07) is 7.48. The Hall–Kier alpha value is -4.15. The number of fused-ring (bicyclic) bond motifs is 1. The lowest BCUT2D eigenvalue weighted by Gasteiger charge is -2.14. The Bertz CT molecular complexity index is 1230. The first kappa shape index (κ1) is 18.9. The third-order valence-electron chi connectivity index (χ3n) is 4.85. The minimum absolute atomic E-state index is 0.122. The molecule has 3 amide bonds. The third kappa shape index (κ3) is 3.84. The van der Waals surface area contributed by atoms with Crippen LogP contribution in [-0.4, -0.2) is 51.7 Å². The van der Waals surface area contributed by atoms with Gasteiger partial charge in [0.1, 0.15) is 11.4 Å². The highest BCUT2D eigenvalue weighted by atomic mass is 16.5. The number of rotatable bonds is 6. The molecule has 0 atom stereocenters. The van der Waals surface area contributed by atoms with Crippen LogP contribution in [0.25, 0.3) is 11.7 Å². The SMILES string of the molecule is CN(C)c1cccc(Oc2nc(NC3CC3)n3ncc(/C=C4\NC(=O)NC4=O)c3n2)c1. The molecule has 31 heavy (non-hydrogen) atoms. The summed E-state index contributed by atoms with van der Waals surface area (Å²) in [5, 5.41) is 12.3. The molecule has 1 saturated carbocycles. The molecular weight excluding hydrogens is 400 g/mol. The fraction of sp³-hybridized carbons (Fsp3) is 0.250. The molecule has 2 fully saturated rings. The van der Waals surface area contributed by atoms with Gasteiger partial charge in [0.05, 0.1) is 6.20 Å². The van der Waals surface area contributed by atoms with Gasteiger partial charge in [0.15, 0.2) is 5.65 Å². The Morgan fingerprint density at radius 2 is 2.06 bits per heavy atom. The molecule has 1 aliphatic heterocycles. The van der Waals surface area contributed by atoms with Gasteiger partial charge in [0, 0.05) is 37.5 Å². The largest absolute Gasteiger partial charge is 0.424 e. The van der Waals surface area contributed by atoms with Crippen LogP contribution in [-0.2, 0) is 4.79 Å². The van der Waals surface area contributed by atoms with Crippen molar-refractivity contribution >= 4 is 35.3 Å². The second kappa shape index (κ2) is 7.27. The van der Waals surface area contributed by atoms with Crippen LogP contribution in [0.5, 0.6) is 11.8 Å². The van der Waals surface area contributed by atoms with Gasteiger partial charge in [-0.1, -0.05) is 6.07 Å². The Labute approximate surface area is 177 Å². The summed E-state index contributed by atoms with van der Waals surface area (Å²) in [5.41, 5.74) is 2.09. The van der Waals surface area contributed by atoms with Crippen molar-refractivity contribution in [3.63, 3.8) is 0 Å². The summed E-state index contributed by atoms with van der Waals surface area (Å²) in [4.78, 5) is 34.3. The van der Waals surface area contributed by atoms with Crippen molar-refractivity contribution < 1.29 is 14.3 Å². The second-order valence-electron chi connectivity index (χ2n) is 7.54. The first-order chi connectivity index (χ1) is 15.0. The number of carbonyl (C=O) groups excluding carboxylic acids is 2. The summed E-state index contributed by atoms with van der Waals surface area (Å²) >= 11 is 0. The number of aromatic nitrogens is 4. The average molecular weight is 420 g/mol. The molecule has 1 saturated heterocycles. The van der Waals surface area contributed by atoms with E-state index in [2.05, 4.69) is 31.0 Å². The number of hydrogen-bond acceptors (Lipinski definition) is 8. The van der Waals surface area contributed by atoms with Gasteiger partial charge in [0.25, 0.3) is 5.91 Å². The lowest BCUT2D eigenvalue weighted by molar-refractivity contribution is -0.115. The van der Waals surface area contributed by atoms with Crippen molar-refractivity contribution in [3.8, 4) is 11.8 Å². The van der Waals surface area contributed by atoms with Gasteiger partial charge >= 0.3 is 12.0 Å². The van der Waals surface area contributed by atoms with Crippen molar-refractivity contribution in [1.29, 1.82) is 0 Å².